The minimum absolute atomic E-state index is 0.0509. The van der Waals surface area contributed by atoms with Gasteiger partial charge in [0.1, 0.15) is 0 Å². The first-order valence-electron chi connectivity index (χ1n) is 5.49. The number of urea groups is 1. The molecule has 1 heterocycles. The third kappa shape index (κ3) is 5.55. The lowest BCUT2D eigenvalue weighted by atomic mass is 10.0. The SMILES string of the molecule is O=C(O)CCNC(=O)NCC1CCOCC1. The molecule has 0 aromatic carbocycles. The van der Waals surface area contributed by atoms with E-state index in [2.05, 4.69) is 10.6 Å². The van der Waals surface area contributed by atoms with Crippen molar-refractivity contribution in [1.82, 2.24) is 10.6 Å². The van der Waals surface area contributed by atoms with Crippen molar-refractivity contribution in [2.75, 3.05) is 26.3 Å². The van der Waals surface area contributed by atoms with Crippen LogP contribution in [0.15, 0.2) is 0 Å². The summed E-state index contributed by atoms with van der Waals surface area (Å²) >= 11 is 0. The first kappa shape index (κ1) is 12.8. The summed E-state index contributed by atoms with van der Waals surface area (Å²) in [7, 11) is 0. The molecular weight excluding hydrogens is 212 g/mol. The van der Waals surface area contributed by atoms with Crippen LogP contribution in [0.3, 0.4) is 0 Å². The van der Waals surface area contributed by atoms with E-state index in [0.29, 0.717) is 12.5 Å². The fourth-order valence-corrected chi connectivity index (χ4v) is 1.53. The van der Waals surface area contributed by atoms with Gasteiger partial charge >= 0.3 is 12.0 Å². The lowest BCUT2D eigenvalue weighted by molar-refractivity contribution is -0.136. The number of ether oxygens (including phenoxy) is 1. The van der Waals surface area contributed by atoms with Gasteiger partial charge in [-0.15, -0.1) is 0 Å². The number of hydrogen-bond acceptors (Lipinski definition) is 3. The maximum atomic E-state index is 11.2. The number of carboxylic acids is 1. The zero-order valence-electron chi connectivity index (χ0n) is 9.20. The molecule has 6 nitrogen and oxygen atoms in total. The van der Waals surface area contributed by atoms with Gasteiger partial charge in [-0.3, -0.25) is 4.79 Å². The highest BCUT2D eigenvalue weighted by Crippen LogP contribution is 2.12. The van der Waals surface area contributed by atoms with Crippen molar-refractivity contribution in [2.24, 2.45) is 5.92 Å². The van der Waals surface area contributed by atoms with E-state index in [-0.39, 0.29) is 19.0 Å². The third-order valence-electron chi connectivity index (χ3n) is 2.52. The Labute approximate surface area is 94.3 Å². The van der Waals surface area contributed by atoms with Crippen LogP contribution in [0.5, 0.6) is 0 Å². The van der Waals surface area contributed by atoms with Crippen LogP contribution in [0.4, 0.5) is 4.79 Å². The molecule has 2 amide bonds. The number of hydrogen-bond donors (Lipinski definition) is 3. The van der Waals surface area contributed by atoms with E-state index in [4.69, 9.17) is 9.84 Å². The molecule has 0 saturated carbocycles. The van der Waals surface area contributed by atoms with Gasteiger partial charge in [-0.1, -0.05) is 0 Å². The number of aliphatic carboxylic acids is 1. The molecule has 0 aliphatic carbocycles. The van der Waals surface area contributed by atoms with Crippen LogP contribution in [-0.2, 0) is 9.53 Å². The van der Waals surface area contributed by atoms with E-state index in [9.17, 15) is 9.59 Å². The van der Waals surface area contributed by atoms with Crippen LogP contribution in [0.1, 0.15) is 19.3 Å². The monoisotopic (exact) mass is 230 g/mol. The van der Waals surface area contributed by atoms with Crippen molar-refractivity contribution in [3.63, 3.8) is 0 Å². The van der Waals surface area contributed by atoms with Crippen LogP contribution < -0.4 is 10.6 Å². The van der Waals surface area contributed by atoms with Gasteiger partial charge in [0.15, 0.2) is 0 Å². The predicted molar refractivity (Wildman–Crippen MR) is 57.2 cm³/mol. The molecule has 1 aliphatic rings. The fourth-order valence-electron chi connectivity index (χ4n) is 1.53. The Kier molecular flexibility index (Phi) is 5.63. The van der Waals surface area contributed by atoms with Gasteiger partial charge in [-0.05, 0) is 18.8 Å². The normalized spacial score (nSPS) is 16.8. The van der Waals surface area contributed by atoms with Gasteiger partial charge in [0.25, 0.3) is 0 Å². The molecule has 0 unspecified atom stereocenters. The van der Waals surface area contributed by atoms with Crippen molar-refractivity contribution in [2.45, 2.75) is 19.3 Å². The minimum atomic E-state index is -0.912. The van der Waals surface area contributed by atoms with Gasteiger partial charge in [-0.2, -0.15) is 0 Å². The summed E-state index contributed by atoms with van der Waals surface area (Å²) in [6.07, 6.45) is 1.88. The summed E-state index contributed by atoms with van der Waals surface area (Å²) in [4.78, 5) is 21.4. The van der Waals surface area contributed by atoms with E-state index in [1.807, 2.05) is 0 Å². The van der Waals surface area contributed by atoms with Gasteiger partial charge in [0.2, 0.25) is 0 Å². The maximum absolute atomic E-state index is 11.2. The Morgan fingerprint density at radius 2 is 1.94 bits per heavy atom. The van der Waals surface area contributed by atoms with E-state index >= 15 is 0 Å². The Hall–Kier alpha value is -1.30. The van der Waals surface area contributed by atoms with Crippen LogP contribution in [-0.4, -0.2) is 43.4 Å². The second-order valence-electron chi connectivity index (χ2n) is 3.84. The second kappa shape index (κ2) is 7.05. The molecule has 16 heavy (non-hydrogen) atoms. The van der Waals surface area contributed by atoms with Gasteiger partial charge in [0, 0.05) is 26.3 Å². The van der Waals surface area contributed by atoms with E-state index in [1.165, 1.54) is 0 Å². The predicted octanol–water partition coefficient (Wildman–Crippen LogP) is 0.187. The maximum Gasteiger partial charge on any atom is 0.314 e. The highest BCUT2D eigenvalue weighted by atomic mass is 16.5. The topological polar surface area (TPSA) is 87.7 Å². The molecular formula is C10H18N2O4. The van der Waals surface area contributed by atoms with Gasteiger partial charge in [0.05, 0.1) is 6.42 Å². The number of carboxylic acid groups (broad SMARTS) is 1. The number of amides is 2. The van der Waals surface area contributed by atoms with Crippen molar-refractivity contribution in [3.8, 4) is 0 Å². The van der Waals surface area contributed by atoms with Crippen LogP contribution in [0, 0.1) is 5.92 Å². The first-order chi connectivity index (χ1) is 7.68. The lowest BCUT2D eigenvalue weighted by Gasteiger charge is -2.22. The highest BCUT2D eigenvalue weighted by molar-refractivity contribution is 5.74. The number of rotatable bonds is 5. The zero-order chi connectivity index (χ0) is 11.8. The minimum Gasteiger partial charge on any atom is -0.481 e. The summed E-state index contributed by atoms with van der Waals surface area (Å²) in [5, 5.41) is 13.6. The summed E-state index contributed by atoms with van der Waals surface area (Å²) in [5.41, 5.74) is 0. The smallest absolute Gasteiger partial charge is 0.314 e. The average molecular weight is 230 g/mol. The van der Waals surface area contributed by atoms with Crippen LogP contribution in [0.25, 0.3) is 0 Å². The quantitative estimate of drug-likeness (QED) is 0.629. The summed E-state index contributed by atoms with van der Waals surface area (Å²) < 4.78 is 5.20. The number of carbonyl (C=O) groups excluding carboxylic acids is 1. The Bertz CT molecular complexity index is 239. The number of nitrogens with one attached hydrogen (secondary N) is 2. The van der Waals surface area contributed by atoms with Crippen molar-refractivity contribution in [1.29, 1.82) is 0 Å². The van der Waals surface area contributed by atoms with E-state index in [0.717, 1.165) is 26.1 Å². The van der Waals surface area contributed by atoms with Crippen LogP contribution in [0.2, 0.25) is 0 Å². The molecule has 0 atom stereocenters. The van der Waals surface area contributed by atoms with Gasteiger partial charge in [-0.25, -0.2) is 4.79 Å². The average Bonchev–Trinajstić information content (AvgIpc) is 2.27. The van der Waals surface area contributed by atoms with Gasteiger partial charge < -0.3 is 20.5 Å². The van der Waals surface area contributed by atoms with Crippen molar-refractivity contribution < 1.29 is 19.4 Å². The third-order valence-corrected chi connectivity index (χ3v) is 2.52. The Morgan fingerprint density at radius 1 is 1.25 bits per heavy atom. The molecule has 0 aromatic rings. The molecule has 0 bridgehead atoms. The summed E-state index contributed by atoms with van der Waals surface area (Å²) in [5.74, 6) is -0.441. The fraction of sp³-hybridized carbons (Fsp3) is 0.800. The molecule has 1 aliphatic heterocycles. The van der Waals surface area contributed by atoms with Crippen LogP contribution >= 0.6 is 0 Å². The van der Waals surface area contributed by atoms with E-state index < -0.39 is 5.97 Å². The van der Waals surface area contributed by atoms with Crippen molar-refractivity contribution >= 4 is 12.0 Å². The van der Waals surface area contributed by atoms with Crippen molar-refractivity contribution in [3.05, 3.63) is 0 Å². The standard InChI is InChI=1S/C10H18N2O4/c13-9(14)1-4-11-10(15)12-7-8-2-5-16-6-3-8/h8H,1-7H2,(H,13,14)(H2,11,12,15). The molecule has 6 heteroatoms. The number of carbonyl (C=O) groups is 2. The summed E-state index contributed by atoms with van der Waals surface area (Å²) in [6.45, 7) is 2.30. The largest absolute Gasteiger partial charge is 0.481 e. The Morgan fingerprint density at radius 3 is 2.56 bits per heavy atom. The first-order valence-corrected chi connectivity index (χ1v) is 5.49. The molecule has 1 fully saturated rings. The zero-order valence-corrected chi connectivity index (χ0v) is 9.20. The van der Waals surface area contributed by atoms with E-state index in [1.54, 1.807) is 0 Å². The molecule has 0 aromatic heterocycles. The highest BCUT2D eigenvalue weighted by Gasteiger charge is 2.14. The molecule has 0 spiro atoms. The molecule has 1 rings (SSSR count). The molecule has 3 N–H and O–H groups in total. The Balaban J connectivity index is 2.02. The lowest BCUT2D eigenvalue weighted by Crippen LogP contribution is -2.40. The summed E-state index contributed by atoms with van der Waals surface area (Å²) in [6, 6.07) is -0.298. The molecule has 1 saturated heterocycles. The molecule has 92 valence electrons. The second-order valence-corrected chi connectivity index (χ2v) is 3.84. The molecule has 0 radical (unpaired) electrons.